The number of benzene rings is 2. The van der Waals surface area contributed by atoms with E-state index in [1.165, 1.54) is 31.1 Å². The minimum atomic E-state index is -0.0793. The van der Waals surface area contributed by atoms with Crippen molar-refractivity contribution in [1.29, 1.82) is 0 Å². The van der Waals surface area contributed by atoms with Crippen molar-refractivity contribution in [3.8, 4) is 0 Å². The van der Waals surface area contributed by atoms with Crippen molar-refractivity contribution >= 4 is 0 Å². The summed E-state index contributed by atoms with van der Waals surface area (Å²) < 4.78 is 3.00. The van der Waals surface area contributed by atoms with Crippen LogP contribution in [0, 0.1) is 7.14 Å². The van der Waals surface area contributed by atoms with Crippen LogP contribution in [0.3, 0.4) is 0 Å². The van der Waals surface area contributed by atoms with Crippen LogP contribution in [0.2, 0.25) is 0 Å². The van der Waals surface area contributed by atoms with Crippen LogP contribution in [0.25, 0.3) is 0 Å². The van der Waals surface area contributed by atoms with Gasteiger partial charge in [0, 0.05) is 0 Å². The molecule has 2 rings (SSSR count). The molecule has 0 fully saturated rings. The molecule has 0 nitrogen and oxygen atoms in total. The van der Waals surface area contributed by atoms with E-state index in [0.29, 0.717) is 0 Å². The topological polar surface area (TPSA) is 0 Å². The molecule has 0 radical (unpaired) electrons. The van der Waals surface area contributed by atoms with E-state index in [-0.39, 0.29) is 32.0 Å². The van der Waals surface area contributed by atoms with Crippen LogP contribution in [0.1, 0.15) is 65.5 Å². The summed E-state index contributed by atoms with van der Waals surface area (Å²) in [6, 6.07) is 18.7. The summed E-state index contributed by atoms with van der Waals surface area (Å²) >= 11 is -0.0793. The van der Waals surface area contributed by atoms with E-state index >= 15 is 0 Å². The second kappa shape index (κ2) is 7.38. The van der Waals surface area contributed by atoms with Crippen LogP contribution in [-0.2, 0) is 10.8 Å². The van der Waals surface area contributed by atoms with Gasteiger partial charge >= 0.3 is 153 Å². The van der Waals surface area contributed by atoms with Gasteiger partial charge in [0.15, 0.2) is 0 Å². The monoisotopic (exact) mass is 421 g/mol. The maximum absolute atomic E-state index is 2.34. The van der Waals surface area contributed by atoms with Crippen LogP contribution >= 0.6 is 0 Å². The van der Waals surface area contributed by atoms with E-state index in [2.05, 4.69) is 90.1 Å². The summed E-state index contributed by atoms with van der Waals surface area (Å²) in [5.41, 5.74) is 3.47. The Labute approximate surface area is 153 Å². The molecule has 0 unspecified atom stereocenters. The van der Waals surface area contributed by atoms with Crippen LogP contribution < -0.4 is 21.2 Å². The molecule has 0 aliphatic rings. The number of rotatable bonds is 6. The van der Waals surface area contributed by atoms with E-state index in [1.807, 2.05) is 0 Å². The van der Waals surface area contributed by atoms with Crippen molar-refractivity contribution in [2.45, 2.75) is 65.2 Å². The molecule has 0 N–H and O–H groups in total. The summed E-state index contributed by atoms with van der Waals surface area (Å²) in [4.78, 5) is 0. The van der Waals surface area contributed by atoms with Crippen molar-refractivity contribution < 1.29 is 21.2 Å². The Balaban J connectivity index is 2.11. The number of halogens is 1. The summed E-state index contributed by atoms with van der Waals surface area (Å²) in [6.45, 7) is 13.8. The third-order valence-corrected chi connectivity index (χ3v) is 7.92. The molecule has 23 heavy (non-hydrogen) atoms. The zero-order valence-corrected chi connectivity index (χ0v) is 17.6. The number of hydrogen-bond donors (Lipinski definition) is 0. The van der Waals surface area contributed by atoms with Gasteiger partial charge in [-0.05, 0) is 0 Å². The van der Waals surface area contributed by atoms with Gasteiger partial charge in [0.1, 0.15) is 0 Å². The standard InChI is InChI=1S/C22H30I/c1-7-21(3,4)17-9-13-19(14-10-17)23-20-15-11-18(12-16-20)22(5,6)8-2/h9-16H,7-8H2,1-6H3/q-1. The van der Waals surface area contributed by atoms with Crippen molar-refractivity contribution in [3.63, 3.8) is 0 Å². The molecule has 0 amide bonds. The molecule has 0 saturated carbocycles. The average molecular weight is 421 g/mol. The van der Waals surface area contributed by atoms with Crippen molar-refractivity contribution in [2.75, 3.05) is 0 Å². The fourth-order valence-electron chi connectivity index (χ4n) is 2.46. The third-order valence-electron chi connectivity index (χ3n) is 5.24. The van der Waals surface area contributed by atoms with E-state index in [4.69, 9.17) is 0 Å². The molecule has 2 aromatic rings. The van der Waals surface area contributed by atoms with Crippen LogP contribution in [-0.4, -0.2) is 0 Å². The molecule has 0 saturated heterocycles. The average Bonchev–Trinajstić information content (AvgIpc) is 2.56. The van der Waals surface area contributed by atoms with Crippen molar-refractivity contribution in [2.24, 2.45) is 0 Å². The first-order valence-electron chi connectivity index (χ1n) is 8.64. The van der Waals surface area contributed by atoms with Gasteiger partial charge in [-0.15, -0.1) is 0 Å². The SMILES string of the molecule is CCC(C)(C)c1ccc([I-]c2ccc(C(C)(C)CC)cc2)cc1. The summed E-state index contributed by atoms with van der Waals surface area (Å²) in [6.07, 6.45) is 2.35. The van der Waals surface area contributed by atoms with E-state index in [1.54, 1.807) is 0 Å². The third kappa shape index (κ3) is 4.59. The zero-order valence-electron chi connectivity index (χ0n) is 15.4. The van der Waals surface area contributed by atoms with E-state index in [0.717, 1.165) is 0 Å². The van der Waals surface area contributed by atoms with E-state index < -0.39 is 0 Å². The Morgan fingerprint density at radius 2 is 0.913 bits per heavy atom. The first kappa shape index (κ1) is 18.5. The van der Waals surface area contributed by atoms with Gasteiger partial charge in [-0.25, -0.2) is 0 Å². The van der Waals surface area contributed by atoms with Gasteiger partial charge in [-0.1, -0.05) is 0 Å². The Bertz CT molecular complexity index is 561. The Kier molecular flexibility index (Phi) is 5.94. The second-order valence-corrected chi connectivity index (χ2v) is 10.6. The first-order chi connectivity index (χ1) is 10.8. The molecule has 0 spiro atoms. The van der Waals surface area contributed by atoms with Gasteiger partial charge < -0.3 is 0 Å². The normalized spacial score (nSPS) is 12.6. The molecule has 2 aromatic carbocycles. The maximum atomic E-state index is 2.34. The molecule has 0 bridgehead atoms. The molecule has 126 valence electrons. The minimum absolute atomic E-state index is 0.0793. The predicted octanol–water partition coefficient (Wildman–Crippen LogP) is 3.19. The Morgan fingerprint density at radius 1 is 0.609 bits per heavy atom. The van der Waals surface area contributed by atoms with Crippen molar-refractivity contribution in [3.05, 3.63) is 66.8 Å². The van der Waals surface area contributed by atoms with Crippen LogP contribution in [0.4, 0.5) is 0 Å². The first-order valence-corrected chi connectivity index (χ1v) is 10.8. The van der Waals surface area contributed by atoms with Gasteiger partial charge in [0.2, 0.25) is 0 Å². The fourth-order valence-corrected chi connectivity index (χ4v) is 4.62. The van der Waals surface area contributed by atoms with E-state index in [9.17, 15) is 0 Å². The van der Waals surface area contributed by atoms with Gasteiger partial charge in [0.25, 0.3) is 0 Å². The summed E-state index contributed by atoms with van der Waals surface area (Å²) in [5.74, 6) is 0. The molecule has 1 heteroatoms. The Morgan fingerprint density at radius 3 is 1.17 bits per heavy atom. The van der Waals surface area contributed by atoms with Gasteiger partial charge in [-0.2, -0.15) is 0 Å². The molecule has 0 aliphatic carbocycles. The molecular weight excluding hydrogens is 391 g/mol. The molecule has 0 aromatic heterocycles. The van der Waals surface area contributed by atoms with Gasteiger partial charge in [-0.3, -0.25) is 0 Å². The summed E-state index contributed by atoms with van der Waals surface area (Å²) in [5, 5.41) is 0. The fraction of sp³-hybridized carbons (Fsp3) is 0.455. The van der Waals surface area contributed by atoms with Crippen LogP contribution in [0.15, 0.2) is 48.5 Å². The number of hydrogen-bond acceptors (Lipinski definition) is 0. The van der Waals surface area contributed by atoms with Crippen molar-refractivity contribution in [1.82, 2.24) is 0 Å². The van der Waals surface area contributed by atoms with Gasteiger partial charge in [0.05, 0.1) is 0 Å². The molecule has 0 heterocycles. The molecular formula is C22H30I-. The quantitative estimate of drug-likeness (QED) is 0.629. The molecule has 0 atom stereocenters. The zero-order chi connectivity index (χ0) is 17.1. The predicted molar refractivity (Wildman–Crippen MR) is 96.9 cm³/mol. The summed E-state index contributed by atoms with van der Waals surface area (Å²) in [7, 11) is 0. The second-order valence-electron chi connectivity index (χ2n) is 7.58. The molecule has 0 aliphatic heterocycles. The van der Waals surface area contributed by atoms with Crippen LogP contribution in [0.5, 0.6) is 0 Å². The Hall–Kier alpha value is -0.830.